The number of halogens is 2. The molecule has 0 saturated carbocycles. The third kappa shape index (κ3) is 3.59. The topological polar surface area (TPSA) is 89.7 Å². The van der Waals surface area contributed by atoms with E-state index in [1.54, 1.807) is 12.1 Å². The Morgan fingerprint density at radius 2 is 1.95 bits per heavy atom. The number of hydrogen-bond donors (Lipinski definition) is 1. The Morgan fingerprint density at radius 3 is 2.57 bits per heavy atom. The highest BCUT2D eigenvalue weighted by atomic mass is 79.9. The summed E-state index contributed by atoms with van der Waals surface area (Å²) < 4.78 is 6.29. The first kappa shape index (κ1) is 15.5. The minimum Gasteiger partial charge on any atom is -0.478 e. The number of non-ortho nitro benzene ring substituents is 1. The van der Waals surface area contributed by atoms with E-state index >= 15 is 0 Å². The molecule has 0 aromatic heterocycles. The zero-order chi connectivity index (χ0) is 15.6. The highest BCUT2D eigenvalue weighted by Crippen LogP contribution is 2.33. The SMILES string of the molecule is O=C(O)c1c(Br)cccc1Oc1cc(Br)cc([N+](=O)[O-])c1. The van der Waals surface area contributed by atoms with Gasteiger partial charge in [-0.15, -0.1) is 0 Å². The zero-order valence-electron chi connectivity index (χ0n) is 10.2. The molecule has 0 saturated heterocycles. The third-order valence-corrected chi connectivity index (χ3v) is 3.60. The lowest BCUT2D eigenvalue weighted by Gasteiger charge is -2.10. The molecule has 6 nitrogen and oxygen atoms in total. The molecule has 0 atom stereocenters. The summed E-state index contributed by atoms with van der Waals surface area (Å²) in [5.41, 5.74) is -0.216. The van der Waals surface area contributed by atoms with E-state index in [0.29, 0.717) is 8.95 Å². The Kier molecular flexibility index (Phi) is 4.59. The largest absolute Gasteiger partial charge is 0.478 e. The first-order valence-corrected chi connectivity index (χ1v) is 7.11. The minimum absolute atomic E-state index is 0.0554. The van der Waals surface area contributed by atoms with E-state index in [9.17, 15) is 20.0 Å². The molecule has 2 aromatic carbocycles. The molecule has 108 valence electrons. The van der Waals surface area contributed by atoms with Gasteiger partial charge in [0.1, 0.15) is 17.1 Å². The van der Waals surface area contributed by atoms with Crippen molar-refractivity contribution < 1.29 is 19.6 Å². The molecule has 0 radical (unpaired) electrons. The van der Waals surface area contributed by atoms with Crippen LogP contribution in [-0.2, 0) is 0 Å². The quantitative estimate of drug-likeness (QED) is 0.580. The molecule has 0 heterocycles. The van der Waals surface area contributed by atoms with Crippen molar-refractivity contribution in [2.24, 2.45) is 0 Å². The number of hydrogen-bond acceptors (Lipinski definition) is 4. The Morgan fingerprint density at radius 1 is 1.24 bits per heavy atom. The normalized spacial score (nSPS) is 10.2. The van der Waals surface area contributed by atoms with Gasteiger partial charge in [0.25, 0.3) is 5.69 Å². The minimum atomic E-state index is -1.16. The van der Waals surface area contributed by atoms with Crippen LogP contribution in [0.15, 0.2) is 45.3 Å². The second kappa shape index (κ2) is 6.23. The number of carbonyl (C=O) groups is 1. The van der Waals surface area contributed by atoms with E-state index in [1.807, 2.05) is 0 Å². The summed E-state index contributed by atoms with van der Waals surface area (Å²) in [5, 5.41) is 20.0. The van der Waals surface area contributed by atoms with Crippen molar-refractivity contribution in [1.82, 2.24) is 0 Å². The molecule has 2 aromatic rings. The predicted octanol–water partition coefficient (Wildman–Crippen LogP) is 4.61. The Bertz CT molecular complexity index is 732. The molecule has 21 heavy (non-hydrogen) atoms. The van der Waals surface area contributed by atoms with Crippen molar-refractivity contribution in [3.8, 4) is 11.5 Å². The number of nitro groups is 1. The molecule has 8 heteroatoms. The van der Waals surface area contributed by atoms with Gasteiger partial charge in [-0.3, -0.25) is 10.1 Å². The lowest BCUT2D eigenvalue weighted by Crippen LogP contribution is -2.01. The number of carboxylic acid groups (broad SMARTS) is 1. The lowest BCUT2D eigenvalue weighted by atomic mass is 10.2. The van der Waals surface area contributed by atoms with Crippen molar-refractivity contribution in [2.75, 3.05) is 0 Å². The zero-order valence-corrected chi connectivity index (χ0v) is 13.4. The fraction of sp³-hybridized carbons (Fsp3) is 0. The summed E-state index contributed by atoms with van der Waals surface area (Å²) in [6.45, 7) is 0. The van der Waals surface area contributed by atoms with Crippen LogP contribution in [-0.4, -0.2) is 16.0 Å². The van der Waals surface area contributed by atoms with E-state index in [4.69, 9.17) is 4.74 Å². The van der Waals surface area contributed by atoms with Gasteiger partial charge in [0.05, 0.1) is 11.0 Å². The second-order valence-electron chi connectivity index (χ2n) is 3.92. The maximum atomic E-state index is 11.2. The Balaban J connectivity index is 2.46. The molecular weight excluding hydrogens is 410 g/mol. The highest BCUT2D eigenvalue weighted by molar-refractivity contribution is 9.10. The van der Waals surface area contributed by atoms with Crippen LogP contribution in [0.1, 0.15) is 10.4 Å². The van der Waals surface area contributed by atoms with Crippen LogP contribution in [0.4, 0.5) is 5.69 Å². The summed E-state index contributed by atoms with van der Waals surface area (Å²) in [5.74, 6) is -0.914. The number of benzene rings is 2. The van der Waals surface area contributed by atoms with Crippen LogP contribution < -0.4 is 4.74 Å². The fourth-order valence-corrected chi connectivity index (χ4v) is 2.61. The third-order valence-electron chi connectivity index (χ3n) is 2.48. The van der Waals surface area contributed by atoms with Gasteiger partial charge in [0.2, 0.25) is 0 Å². The number of ether oxygens (including phenoxy) is 1. The number of nitro benzene ring substituents is 1. The smallest absolute Gasteiger partial charge is 0.340 e. The van der Waals surface area contributed by atoms with Crippen molar-refractivity contribution in [3.05, 3.63) is 61.0 Å². The molecule has 0 spiro atoms. The maximum absolute atomic E-state index is 11.2. The Labute approximate surface area is 135 Å². The van der Waals surface area contributed by atoms with Crippen LogP contribution in [0.2, 0.25) is 0 Å². The van der Waals surface area contributed by atoms with E-state index in [1.165, 1.54) is 24.3 Å². The molecule has 0 amide bonds. The molecule has 0 fully saturated rings. The first-order chi connectivity index (χ1) is 9.88. The van der Waals surface area contributed by atoms with Crippen LogP contribution in [0, 0.1) is 10.1 Å². The van der Waals surface area contributed by atoms with Crippen LogP contribution in [0.5, 0.6) is 11.5 Å². The van der Waals surface area contributed by atoms with Crippen molar-refractivity contribution in [2.45, 2.75) is 0 Å². The highest BCUT2D eigenvalue weighted by Gasteiger charge is 2.17. The number of aromatic carboxylic acids is 1. The molecule has 0 aliphatic heterocycles. The molecule has 0 aliphatic rings. The van der Waals surface area contributed by atoms with Crippen molar-refractivity contribution >= 4 is 43.5 Å². The predicted molar refractivity (Wildman–Crippen MR) is 82.0 cm³/mol. The summed E-state index contributed by atoms with van der Waals surface area (Å²) >= 11 is 6.28. The average Bonchev–Trinajstić information content (AvgIpc) is 2.37. The van der Waals surface area contributed by atoms with Gasteiger partial charge < -0.3 is 9.84 Å². The lowest BCUT2D eigenvalue weighted by molar-refractivity contribution is -0.385. The van der Waals surface area contributed by atoms with Crippen molar-refractivity contribution in [3.63, 3.8) is 0 Å². The van der Waals surface area contributed by atoms with Crippen LogP contribution in [0.25, 0.3) is 0 Å². The Hall–Kier alpha value is -1.93. The van der Waals surface area contributed by atoms with Gasteiger partial charge in [-0.2, -0.15) is 0 Å². The average molecular weight is 417 g/mol. The van der Waals surface area contributed by atoms with Gasteiger partial charge in [-0.1, -0.05) is 22.0 Å². The van der Waals surface area contributed by atoms with E-state index in [0.717, 1.165) is 0 Å². The van der Waals surface area contributed by atoms with Crippen LogP contribution >= 0.6 is 31.9 Å². The molecule has 0 bridgehead atoms. The van der Waals surface area contributed by atoms with Crippen molar-refractivity contribution in [1.29, 1.82) is 0 Å². The second-order valence-corrected chi connectivity index (χ2v) is 5.69. The monoisotopic (exact) mass is 415 g/mol. The molecular formula is C13H7Br2NO5. The summed E-state index contributed by atoms with van der Waals surface area (Å²) in [4.78, 5) is 21.5. The first-order valence-electron chi connectivity index (χ1n) is 5.53. The van der Waals surface area contributed by atoms with E-state index < -0.39 is 10.9 Å². The maximum Gasteiger partial charge on any atom is 0.340 e. The molecule has 0 unspecified atom stereocenters. The van der Waals surface area contributed by atoms with E-state index in [-0.39, 0.29) is 22.7 Å². The summed E-state index contributed by atoms with van der Waals surface area (Å²) in [6, 6.07) is 8.71. The molecule has 0 aliphatic carbocycles. The van der Waals surface area contributed by atoms with Gasteiger partial charge in [0, 0.05) is 15.0 Å². The van der Waals surface area contributed by atoms with Gasteiger partial charge in [-0.25, -0.2) is 4.79 Å². The van der Waals surface area contributed by atoms with Gasteiger partial charge in [-0.05, 0) is 34.1 Å². The standard InChI is InChI=1S/C13H7Br2NO5/c14-7-4-8(16(19)20)6-9(5-7)21-11-3-1-2-10(15)12(11)13(17)18/h1-6H,(H,17,18). The molecule has 2 rings (SSSR count). The summed E-state index contributed by atoms with van der Waals surface area (Å²) in [6.07, 6.45) is 0. The molecule has 1 N–H and O–H groups in total. The fourth-order valence-electron chi connectivity index (χ4n) is 1.64. The number of rotatable bonds is 4. The van der Waals surface area contributed by atoms with Gasteiger partial charge in [0.15, 0.2) is 0 Å². The summed E-state index contributed by atoms with van der Waals surface area (Å²) in [7, 11) is 0. The number of carboxylic acids is 1. The van der Waals surface area contributed by atoms with Crippen LogP contribution in [0.3, 0.4) is 0 Å². The van der Waals surface area contributed by atoms with Gasteiger partial charge >= 0.3 is 5.97 Å². The number of nitrogens with zero attached hydrogens (tertiary/aromatic N) is 1. The van der Waals surface area contributed by atoms with E-state index in [2.05, 4.69) is 31.9 Å².